The maximum Gasteiger partial charge on any atom is 0.335 e. The third-order valence-corrected chi connectivity index (χ3v) is 9.52. The van der Waals surface area contributed by atoms with Crippen LogP contribution in [0.4, 0.5) is 0 Å². The number of carbonyl (C=O) groups is 2. The highest BCUT2D eigenvalue weighted by atomic mass is 16.4. The Morgan fingerprint density at radius 2 is 0.826 bits per heavy atom. The predicted molar refractivity (Wildman–Crippen MR) is 189 cm³/mol. The molecule has 3 fully saturated rings. The van der Waals surface area contributed by atoms with Gasteiger partial charge in [0.2, 0.25) is 0 Å². The molecule has 6 heteroatoms. The quantitative estimate of drug-likeness (QED) is 0.264. The Bertz CT molecular complexity index is 959. The first-order chi connectivity index (χ1) is 21.8. The molecule has 3 saturated carbocycles. The Balaban J connectivity index is 0.000000291. The van der Waals surface area contributed by atoms with E-state index in [2.05, 4.69) is 41.5 Å². The number of rotatable bonds is 4. The van der Waals surface area contributed by atoms with Gasteiger partial charge in [0.05, 0.1) is 23.3 Å². The molecule has 260 valence electrons. The molecular formula is C40H64O6. The summed E-state index contributed by atoms with van der Waals surface area (Å²) < 4.78 is 0. The molecule has 0 bridgehead atoms. The number of carboxylic acid groups (broad SMARTS) is 2. The van der Waals surface area contributed by atoms with Crippen LogP contribution < -0.4 is 0 Å². The van der Waals surface area contributed by atoms with Crippen LogP contribution in [0.1, 0.15) is 139 Å². The van der Waals surface area contributed by atoms with Crippen LogP contribution in [0.25, 0.3) is 0 Å². The molecule has 6 nitrogen and oxygen atoms in total. The Morgan fingerprint density at radius 1 is 0.543 bits per heavy atom. The van der Waals surface area contributed by atoms with Gasteiger partial charge in [0.25, 0.3) is 0 Å². The van der Waals surface area contributed by atoms with Crippen molar-refractivity contribution in [3.8, 4) is 0 Å². The van der Waals surface area contributed by atoms with Crippen LogP contribution in [-0.4, -0.2) is 44.6 Å². The lowest BCUT2D eigenvalue weighted by molar-refractivity contribution is 0.0263. The van der Waals surface area contributed by atoms with Crippen LogP contribution in [0.3, 0.4) is 0 Å². The Kier molecular flexibility index (Phi) is 21.2. The lowest BCUT2D eigenvalue weighted by atomic mass is 9.75. The molecule has 0 aromatic heterocycles. The van der Waals surface area contributed by atoms with Crippen molar-refractivity contribution < 1.29 is 30.0 Å². The molecule has 0 radical (unpaired) electrons. The highest BCUT2D eigenvalue weighted by Crippen LogP contribution is 2.34. The number of carboxylic acids is 2. The second-order valence-electron chi connectivity index (χ2n) is 14.3. The van der Waals surface area contributed by atoms with Crippen molar-refractivity contribution >= 4 is 11.9 Å². The summed E-state index contributed by atoms with van der Waals surface area (Å²) in [5, 5.41) is 36.2. The first-order valence-electron chi connectivity index (χ1n) is 17.8. The topological polar surface area (TPSA) is 115 Å². The summed E-state index contributed by atoms with van der Waals surface area (Å²) in [5.74, 6) is 2.14. The van der Waals surface area contributed by atoms with Gasteiger partial charge in [-0.1, -0.05) is 129 Å². The van der Waals surface area contributed by atoms with Crippen LogP contribution in [0, 0.1) is 35.5 Å². The largest absolute Gasteiger partial charge is 0.478 e. The maximum atomic E-state index is 10.2. The summed E-state index contributed by atoms with van der Waals surface area (Å²) in [4.78, 5) is 20.4. The van der Waals surface area contributed by atoms with Crippen LogP contribution in [0.5, 0.6) is 0 Å². The third kappa shape index (κ3) is 17.9. The van der Waals surface area contributed by atoms with Crippen molar-refractivity contribution in [2.45, 2.75) is 131 Å². The van der Waals surface area contributed by atoms with Gasteiger partial charge in [0.15, 0.2) is 0 Å². The summed E-state index contributed by atoms with van der Waals surface area (Å²) in [5.41, 5.74) is 0.662. The van der Waals surface area contributed by atoms with Crippen molar-refractivity contribution in [1.82, 2.24) is 0 Å². The van der Waals surface area contributed by atoms with E-state index in [1.165, 1.54) is 64.2 Å². The average Bonchev–Trinajstić information content (AvgIpc) is 3.03. The van der Waals surface area contributed by atoms with Gasteiger partial charge >= 0.3 is 11.9 Å². The first-order valence-corrected chi connectivity index (χ1v) is 17.8. The number of aliphatic hydroxyl groups excluding tert-OH is 2. The molecule has 4 N–H and O–H groups in total. The molecule has 2 aromatic rings. The summed E-state index contributed by atoms with van der Waals surface area (Å²) in [6.45, 7) is 13.3. The zero-order valence-corrected chi connectivity index (χ0v) is 29.5. The molecule has 0 heterocycles. The minimum atomic E-state index is -0.879. The van der Waals surface area contributed by atoms with Crippen molar-refractivity contribution in [2.24, 2.45) is 35.5 Å². The van der Waals surface area contributed by atoms with Crippen molar-refractivity contribution in [3.05, 3.63) is 71.8 Å². The van der Waals surface area contributed by atoms with Gasteiger partial charge < -0.3 is 20.4 Å². The van der Waals surface area contributed by atoms with E-state index < -0.39 is 11.9 Å². The maximum absolute atomic E-state index is 10.2. The minimum absolute atomic E-state index is 0.0289. The number of hydrogen-bond donors (Lipinski definition) is 4. The van der Waals surface area contributed by atoms with E-state index in [9.17, 15) is 19.8 Å². The predicted octanol–water partition coefficient (Wildman–Crippen LogP) is 9.99. The lowest BCUT2D eigenvalue weighted by Gasteiger charge is -2.33. The summed E-state index contributed by atoms with van der Waals surface area (Å²) in [6, 6.07) is 16.6. The highest BCUT2D eigenvalue weighted by molar-refractivity contribution is 5.87. The van der Waals surface area contributed by atoms with E-state index in [0.717, 1.165) is 24.7 Å². The SMILES string of the molecule is C1CCCCC1.CC1CCC(C(C)C)C(O)C1.CC1CCC(C(C)C)C(O)C1.O=C(O)c1ccccc1.O=C(O)c1ccccc1. The van der Waals surface area contributed by atoms with Crippen molar-refractivity contribution in [2.75, 3.05) is 0 Å². The molecule has 0 amide bonds. The average molecular weight is 641 g/mol. The zero-order chi connectivity index (χ0) is 34.5. The molecule has 46 heavy (non-hydrogen) atoms. The Morgan fingerprint density at radius 3 is 1.02 bits per heavy atom. The van der Waals surface area contributed by atoms with Gasteiger partial charge in [0, 0.05) is 0 Å². The fourth-order valence-electron chi connectivity index (χ4n) is 6.53. The fourth-order valence-corrected chi connectivity index (χ4v) is 6.53. The first kappa shape index (κ1) is 41.3. The highest BCUT2D eigenvalue weighted by Gasteiger charge is 2.29. The molecule has 2 aromatic carbocycles. The van der Waals surface area contributed by atoms with Crippen molar-refractivity contribution in [1.29, 1.82) is 0 Å². The van der Waals surface area contributed by atoms with E-state index in [-0.39, 0.29) is 12.2 Å². The lowest BCUT2D eigenvalue weighted by Crippen LogP contribution is -2.31. The molecule has 0 saturated heterocycles. The molecule has 0 spiro atoms. The molecule has 6 unspecified atom stereocenters. The normalized spacial score (nSPS) is 25.5. The molecule has 3 aliphatic carbocycles. The Hall–Kier alpha value is -2.70. The third-order valence-electron chi connectivity index (χ3n) is 9.52. The summed E-state index contributed by atoms with van der Waals surface area (Å²) >= 11 is 0. The smallest absolute Gasteiger partial charge is 0.335 e. The number of aliphatic hydroxyl groups is 2. The number of aromatic carboxylic acids is 2. The van der Waals surface area contributed by atoms with Gasteiger partial charge in [-0.15, -0.1) is 0 Å². The monoisotopic (exact) mass is 640 g/mol. The van der Waals surface area contributed by atoms with E-state index in [1.807, 2.05) is 0 Å². The van der Waals surface area contributed by atoms with Gasteiger partial charge in [-0.05, 0) is 85.5 Å². The minimum Gasteiger partial charge on any atom is -0.478 e. The zero-order valence-electron chi connectivity index (χ0n) is 29.5. The van der Waals surface area contributed by atoms with E-state index in [0.29, 0.717) is 34.8 Å². The van der Waals surface area contributed by atoms with Gasteiger partial charge in [0.1, 0.15) is 0 Å². The van der Waals surface area contributed by atoms with E-state index in [1.54, 1.807) is 60.7 Å². The second kappa shape index (κ2) is 23.6. The van der Waals surface area contributed by atoms with Crippen LogP contribution in [-0.2, 0) is 0 Å². The van der Waals surface area contributed by atoms with E-state index in [4.69, 9.17) is 10.2 Å². The van der Waals surface area contributed by atoms with Gasteiger partial charge in [-0.25, -0.2) is 9.59 Å². The standard InChI is InChI=1S/2C10H20O.2C7H6O2.C6H12/c2*1-7(2)9-5-4-8(3)6-10(9)11;2*8-7(9)6-4-2-1-3-5-6;1-2-4-6-5-3-1/h2*7-11H,4-6H2,1-3H3;2*1-5H,(H,8,9);1-6H2. The number of benzene rings is 2. The molecule has 5 rings (SSSR count). The molecule has 6 atom stereocenters. The second-order valence-corrected chi connectivity index (χ2v) is 14.3. The fraction of sp³-hybridized carbons (Fsp3) is 0.650. The molecule has 3 aliphatic rings. The van der Waals surface area contributed by atoms with Gasteiger partial charge in [-0.2, -0.15) is 0 Å². The molecule has 0 aliphatic heterocycles. The van der Waals surface area contributed by atoms with Gasteiger partial charge in [-0.3, -0.25) is 0 Å². The summed E-state index contributed by atoms with van der Waals surface area (Å²) in [6.07, 6.45) is 16.0. The van der Waals surface area contributed by atoms with Crippen molar-refractivity contribution in [3.63, 3.8) is 0 Å². The van der Waals surface area contributed by atoms with Crippen LogP contribution >= 0.6 is 0 Å². The van der Waals surface area contributed by atoms with Crippen LogP contribution in [0.2, 0.25) is 0 Å². The van der Waals surface area contributed by atoms with Crippen LogP contribution in [0.15, 0.2) is 60.7 Å². The number of hydrogen-bond acceptors (Lipinski definition) is 4. The Labute approximate surface area is 279 Å². The molecular weight excluding hydrogens is 576 g/mol. The summed E-state index contributed by atoms with van der Waals surface area (Å²) in [7, 11) is 0. The van der Waals surface area contributed by atoms with E-state index >= 15 is 0 Å².